The number of piperidine rings is 1. The van der Waals surface area contributed by atoms with Gasteiger partial charge in [-0.3, -0.25) is 14.9 Å². The lowest BCUT2D eigenvalue weighted by Crippen LogP contribution is -2.45. The summed E-state index contributed by atoms with van der Waals surface area (Å²) in [6.45, 7) is 9.25. The molecular weight excluding hydrogens is 254 g/mol. The van der Waals surface area contributed by atoms with Crippen molar-refractivity contribution in [1.29, 1.82) is 0 Å². The highest BCUT2D eigenvalue weighted by atomic mass is 16.5. The van der Waals surface area contributed by atoms with Gasteiger partial charge in [-0.2, -0.15) is 5.10 Å². The Morgan fingerprint density at radius 1 is 1.20 bits per heavy atom. The van der Waals surface area contributed by atoms with Gasteiger partial charge in [0.05, 0.1) is 13.2 Å². The quantitative estimate of drug-likeness (QED) is 0.887. The van der Waals surface area contributed by atoms with Crippen LogP contribution in [0.25, 0.3) is 0 Å². The van der Waals surface area contributed by atoms with Crippen molar-refractivity contribution in [3.8, 4) is 0 Å². The van der Waals surface area contributed by atoms with E-state index in [1.165, 1.54) is 25.8 Å². The van der Waals surface area contributed by atoms with Crippen molar-refractivity contribution in [2.24, 2.45) is 0 Å². The van der Waals surface area contributed by atoms with Gasteiger partial charge in [0, 0.05) is 38.8 Å². The summed E-state index contributed by atoms with van der Waals surface area (Å²) < 4.78 is 5.55. The molecule has 0 saturated carbocycles. The normalized spacial score (nSPS) is 23.9. The number of H-pyrrole nitrogens is 1. The highest BCUT2D eigenvalue weighted by Gasteiger charge is 2.25. The molecule has 2 saturated heterocycles. The molecule has 0 unspecified atom stereocenters. The fourth-order valence-corrected chi connectivity index (χ4v) is 3.23. The molecule has 3 heterocycles. The first-order chi connectivity index (χ1) is 9.81. The number of hydrogen-bond donors (Lipinski definition) is 1. The van der Waals surface area contributed by atoms with Crippen LogP contribution in [0.2, 0.25) is 0 Å². The van der Waals surface area contributed by atoms with Crippen molar-refractivity contribution >= 4 is 0 Å². The summed E-state index contributed by atoms with van der Waals surface area (Å²) in [6.07, 6.45) is 3.68. The van der Waals surface area contributed by atoms with Gasteiger partial charge < -0.3 is 4.74 Å². The van der Waals surface area contributed by atoms with Crippen LogP contribution in [-0.2, 0) is 11.3 Å². The van der Waals surface area contributed by atoms with Gasteiger partial charge in [0.15, 0.2) is 5.82 Å². The second kappa shape index (κ2) is 6.65. The predicted octanol–water partition coefficient (Wildman–Crippen LogP) is 0.800. The van der Waals surface area contributed by atoms with Crippen molar-refractivity contribution in [2.75, 3.05) is 39.4 Å². The van der Waals surface area contributed by atoms with Crippen LogP contribution < -0.4 is 0 Å². The third-order valence-electron chi connectivity index (χ3n) is 4.34. The number of hydrogen-bond acceptors (Lipinski definition) is 5. The zero-order valence-electron chi connectivity index (χ0n) is 12.3. The van der Waals surface area contributed by atoms with Gasteiger partial charge in [-0.1, -0.05) is 0 Å². The van der Waals surface area contributed by atoms with Crippen molar-refractivity contribution < 1.29 is 4.74 Å². The van der Waals surface area contributed by atoms with Gasteiger partial charge in [-0.05, 0) is 26.2 Å². The Morgan fingerprint density at radius 3 is 2.80 bits per heavy atom. The Kier molecular flexibility index (Phi) is 4.65. The van der Waals surface area contributed by atoms with Gasteiger partial charge in [-0.15, -0.1) is 0 Å². The zero-order chi connectivity index (χ0) is 13.8. The number of aromatic amines is 1. The molecule has 1 aromatic heterocycles. The summed E-state index contributed by atoms with van der Waals surface area (Å²) in [5.41, 5.74) is 0. The molecule has 1 N–H and O–H groups in total. The van der Waals surface area contributed by atoms with E-state index in [2.05, 4.69) is 25.0 Å². The first-order valence-corrected chi connectivity index (χ1v) is 7.73. The Morgan fingerprint density at radius 2 is 2.05 bits per heavy atom. The summed E-state index contributed by atoms with van der Waals surface area (Å²) in [5, 5.41) is 7.14. The maximum atomic E-state index is 5.55. The van der Waals surface area contributed by atoms with E-state index in [0.717, 1.165) is 57.1 Å². The van der Waals surface area contributed by atoms with Gasteiger partial charge >= 0.3 is 0 Å². The molecule has 1 aromatic rings. The molecular formula is C14H25N5O. The van der Waals surface area contributed by atoms with E-state index in [0.29, 0.717) is 0 Å². The molecule has 3 rings (SSSR count). The third-order valence-corrected chi connectivity index (χ3v) is 4.34. The summed E-state index contributed by atoms with van der Waals surface area (Å²) in [5.74, 6) is 1.82. The first-order valence-electron chi connectivity index (χ1n) is 7.73. The largest absolute Gasteiger partial charge is 0.380 e. The van der Waals surface area contributed by atoms with Crippen LogP contribution in [0.1, 0.15) is 30.9 Å². The molecule has 0 aliphatic carbocycles. The number of ether oxygens (including phenoxy) is 1. The molecule has 2 aliphatic heterocycles. The second-order valence-electron chi connectivity index (χ2n) is 5.85. The second-order valence-corrected chi connectivity index (χ2v) is 5.85. The molecule has 6 heteroatoms. The van der Waals surface area contributed by atoms with E-state index in [9.17, 15) is 0 Å². The Bertz CT molecular complexity index is 405. The molecule has 0 radical (unpaired) electrons. The van der Waals surface area contributed by atoms with Crippen molar-refractivity contribution in [3.05, 3.63) is 11.6 Å². The fraction of sp³-hybridized carbons (Fsp3) is 0.857. The average Bonchev–Trinajstić information content (AvgIpc) is 2.72. The van der Waals surface area contributed by atoms with Crippen LogP contribution in [0.15, 0.2) is 0 Å². The molecule has 0 spiro atoms. The van der Waals surface area contributed by atoms with E-state index >= 15 is 0 Å². The maximum Gasteiger partial charge on any atom is 0.164 e. The van der Waals surface area contributed by atoms with Gasteiger partial charge in [-0.25, -0.2) is 4.98 Å². The summed E-state index contributed by atoms with van der Waals surface area (Å²) >= 11 is 0. The monoisotopic (exact) mass is 279 g/mol. The van der Waals surface area contributed by atoms with Gasteiger partial charge in [0.2, 0.25) is 0 Å². The molecule has 2 aliphatic rings. The van der Waals surface area contributed by atoms with Gasteiger partial charge in [0.1, 0.15) is 5.82 Å². The lowest BCUT2D eigenvalue weighted by molar-refractivity contribution is 0.0934. The molecule has 0 atom stereocenters. The van der Waals surface area contributed by atoms with Crippen LogP contribution in [0, 0.1) is 6.92 Å². The van der Waals surface area contributed by atoms with E-state index in [4.69, 9.17) is 4.74 Å². The smallest absolute Gasteiger partial charge is 0.164 e. The minimum atomic E-state index is 0.738. The highest BCUT2D eigenvalue weighted by Crippen LogP contribution is 2.18. The van der Waals surface area contributed by atoms with Crippen LogP contribution in [0.3, 0.4) is 0 Å². The first kappa shape index (κ1) is 14.0. The Labute approximate surface area is 120 Å². The van der Waals surface area contributed by atoms with Crippen molar-refractivity contribution in [1.82, 2.24) is 25.0 Å². The lowest BCUT2D eigenvalue weighted by Gasteiger charge is -2.37. The van der Waals surface area contributed by atoms with Crippen LogP contribution in [0.5, 0.6) is 0 Å². The number of aryl methyl sites for hydroxylation is 1. The summed E-state index contributed by atoms with van der Waals surface area (Å²) in [6, 6.07) is 0.738. The summed E-state index contributed by atoms with van der Waals surface area (Å²) in [7, 11) is 0. The number of likely N-dealkylation sites (tertiary alicyclic amines) is 1. The van der Waals surface area contributed by atoms with Gasteiger partial charge in [0.25, 0.3) is 0 Å². The Balaban J connectivity index is 1.46. The van der Waals surface area contributed by atoms with Crippen LogP contribution >= 0.6 is 0 Å². The number of aromatic nitrogens is 3. The topological polar surface area (TPSA) is 57.3 Å². The zero-order valence-corrected chi connectivity index (χ0v) is 12.3. The van der Waals surface area contributed by atoms with E-state index < -0.39 is 0 Å². The number of nitrogens with one attached hydrogen (secondary N) is 1. The minimum Gasteiger partial charge on any atom is -0.380 e. The number of nitrogens with zero attached hydrogens (tertiary/aromatic N) is 4. The standard InChI is InChI=1S/C14H25N5O/c1-12-15-14(17-16-12)11-18-6-3-13(4-7-18)19-5-2-9-20-10-8-19/h13H,2-11H2,1H3,(H,15,16,17). The molecule has 0 amide bonds. The van der Waals surface area contributed by atoms with E-state index in [1.54, 1.807) is 0 Å². The molecule has 0 bridgehead atoms. The summed E-state index contributed by atoms with van der Waals surface area (Å²) in [4.78, 5) is 9.48. The van der Waals surface area contributed by atoms with Crippen LogP contribution in [-0.4, -0.2) is 70.4 Å². The molecule has 112 valence electrons. The van der Waals surface area contributed by atoms with E-state index in [1.807, 2.05) is 6.92 Å². The minimum absolute atomic E-state index is 0.738. The van der Waals surface area contributed by atoms with E-state index in [-0.39, 0.29) is 0 Å². The molecule has 2 fully saturated rings. The molecule has 20 heavy (non-hydrogen) atoms. The van der Waals surface area contributed by atoms with Crippen LogP contribution in [0.4, 0.5) is 0 Å². The van der Waals surface area contributed by atoms with Crippen molar-refractivity contribution in [2.45, 2.75) is 38.8 Å². The third kappa shape index (κ3) is 3.56. The lowest BCUT2D eigenvalue weighted by atomic mass is 10.0. The predicted molar refractivity (Wildman–Crippen MR) is 76.4 cm³/mol. The highest BCUT2D eigenvalue weighted by molar-refractivity contribution is 4.89. The fourth-order valence-electron chi connectivity index (χ4n) is 3.23. The van der Waals surface area contributed by atoms with Crippen molar-refractivity contribution in [3.63, 3.8) is 0 Å². The molecule has 6 nitrogen and oxygen atoms in total. The SMILES string of the molecule is Cc1nc(CN2CCC(N3CCCOCC3)CC2)n[nH]1. The Hall–Kier alpha value is -0.980. The number of rotatable bonds is 3. The average molecular weight is 279 g/mol. The molecule has 0 aromatic carbocycles. The maximum absolute atomic E-state index is 5.55.